The largest absolute Gasteiger partial charge is 0.507 e. The molecule has 0 aliphatic heterocycles. The summed E-state index contributed by atoms with van der Waals surface area (Å²) in [5.41, 5.74) is -0.896. The van der Waals surface area contributed by atoms with Crippen LogP contribution in [0.15, 0.2) is 33.5 Å². The third-order valence-electron chi connectivity index (χ3n) is 3.70. The summed E-state index contributed by atoms with van der Waals surface area (Å²) in [6.07, 6.45) is 0. The van der Waals surface area contributed by atoms with Gasteiger partial charge in [-0.3, -0.25) is 4.79 Å². The van der Waals surface area contributed by atoms with Gasteiger partial charge >= 0.3 is 0 Å². The van der Waals surface area contributed by atoms with E-state index in [2.05, 4.69) is 0 Å². The first-order valence-electron chi connectivity index (χ1n) is 7.05. The second kappa shape index (κ2) is 5.82. The molecule has 3 aromatic rings. The van der Waals surface area contributed by atoms with E-state index in [0.717, 1.165) is 6.07 Å². The molecule has 0 amide bonds. The molecular formula is C17H14O8. The smallest absolute Gasteiger partial charge is 0.239 e. The number of ether oxygens (including phenoxy) is 2. The number of phenolic OH excluding ortho intramolecular Hbond substituents is 4. The Kier molecular flexibility index (Phi) is 3.80. The van der Waals surface area contributed by atoms with E-state index >= 15 is 0 Å². The molecule has 8 heteroatoms. The molecule has 25 heavy (non-hydrogen) atoms. The number of aromatic hydroxyl groups is 4. The lowest BCUT2D eigenvalue weighted by Crippen LogP contribution is -2.08. The highest BCUT2D eigenvalue weighted by atomic mass is 16.5. The molecule has 1 heterocycles. The maximum atomic E-state index is 12.6. The summed E-state index contributed by atoms with van der Waals surface area (Å²) in [4.78, 5) is 12.6. The Labute approximate surface area is 140 Å². The summed E-state index contributed by atoms with van der Waals surface area (Å²) in [5, 5.41) is 39.1. The average Bonchev–Trinajstić information content (AvgIpc) is 2.58. The minimum absolute atomic E-state index is 0.0988. The average molecular weight is 346 g/mol. The highest BCUT2D eigenvalue weighted by molar-refractivity contribution is 5.93. The fraction of sp³-hybridized carbons (Fsp3) is 0.118. The molecule has 0 spiro atoms. The van der Waals surface area contributed by atoms with Crippen LogP contribution in [0.5, 0.6) is 34.5 Å². The highest BCUT2D eigenvalue weighted by Crippen LogP contribution is 2.42. The van der Waals surface area contributed by atoms with Gasteiger partial charge in [-0.15, -0.1) is 0 Å². The van der Waals surface area contributed by atoms with Crippen molar-refractivity contribution >= 4 is 11.0 Å². The molecular weight excluding hydrogens is 332 g/mol. The van der Waals surface area contributed by atoms with Gasteiger partial charge in [0, 0.05) is 11.6 Å². The quantitative estimate of drug-likeness (QED) is 0.420. The zero-order chi connectivity index (χ0) is 18.3. The Bertz CT molecular complexity index is 1040. The van der Waals surface area contributed by atoms with Crippen molar-refractivity contribution in [2.45, 2.75) is 0 Å². The molecule has 0 aliphatic carbocycles. The Morgan fingerprint density at radius 1 is 0.920 bits per heavy atom. The van der Waals surface area contributed by atoms with Crippen LogP contribution in [0.3, 0.4) is 0 Å². The zero-order valence-corrected chi connectivity index (χ0v) is 13.2. The van der Waals surface area contributed by atoms with Crippen LogP contribution in [0.2, 0.25) is 0 Å². The first-order valence-corrected chi connectivity index (χ1v) is 7.05. The van der Waals surface area contributed by atoms with Gasteiger partial charge in [-0.25, -0.2) is 0 Å². The summed E-state index contributed by atoms with van der Waals surface area (Å²) >= 11 is 0. The highest BCUT2D eigenvalue weighted by Gasteiger charge is 2.23. The second-order valence-electron chi connectivity index (χ2n) is 5.15. The number of methoxy groups -OCH3 is 2. The van der Waals surface area contributed by atoms with Gasteiger partial charge in [0.15, 0.2) is 28.6 Å². The SMILES string of the molecule is COc1ccc(-c2oc3c(O)c(O)cc(O)c3c(=O)c2OC)cc1O. The summed E-state index contributed by atoms with van der Waals surface area (Å²) in [7, 11) is 2.62. The number of benzene rings is 2. The van der Waals surface area contributed by atoms with E-state index < -0.39 is 28.3 Å². The van der Waals surface area contributed by atoms with E-state index in [1.807, 2.05) is 0 Å². The van der Waals surface area contributed by atoms with E-state index in [4.69, 9.17) is 13.9 Å². The molecule has 0 saturated carbocycles. The van der Waals surface area contributed by atoms with E-state index in [9.17, 15) is 25.2 Å². The van der Waals surface area contributed by atoms with Crippen molar-refractivity contribution in [3.05, 3.63) is 34.5 Å². The lowest BCUT2D eigenvalue weighted by molar-refractivity contribution is 0.373. The second-order valence-corrected chi connectivity index (χ2v) is 5.15. The fourth-order valence-electron chi connectivity index (χ4n) is 2.51. The Hall–Kier alpha value is -3.55. The molecule has 0 fully saturated rings. The molecule has 2 aromatic carbocycles. The van der Waals surface area contributed by atoms with Crippen LogP contribution in [0.4, 0.5) is 0 Å². The standard InChI is InChI=1S/C17H14O8/c1-23-11-4-3-7(5-8(11)18)15-17(24-2)14(22)12-9(19)6-10(20)13(21)16(12)25-15/h3-6,18-21H,1-2H3. The number of hydrogen-bond acceptors (Lipinski definition) is 8. The van der Waals surface area contributed by atoms with Crippen LogP contribution in [0.25, 0.3) is 22.3 Å². The maximum Gasteiger partial charge on any atom is 0.239 e. The first-order chi connectivity index (χ1) is 11.9. The first kappa shape index (κ1) is 16.3. The third kappa shape index (κ3) is 2.44. The van der Waals surface area contributed by atoms with Crippen LogP contribution in [0.1, 0.15) is 0 Å². The van der Waals surface area contributed by atoms with E-state index in [0.29, 0.717) is 0 Å². The lowest BCUT2D eigenvalue weighted by atomic mass is 10.1. The Morgan fingerprint density at radius 3 is 2.24 bits per heavy atom. The Morgan fingerprint density at radius 2 is 1.64 bits per heavy atom. The monoisotopic (exact) mass is 346 g/mol. The normalized spacial score (nSPS) is 10.8. The van der Waals surface area contributed by atoms with Crippen molar-refractivity contribution in [1.82, 2.24) is 0 Å². The molecule has 0 unspecified atom stereocenters. The predicted molar refractivity (Wildman–Crippen MR) is 87.7 cm³/mol. The zero-order valence-electron chi connectivity index (χ0n) is 13.2. The van der Waals surface area contributed by atoms with Gasteiger partial charge in [0.05, 0.1) is 14.2 Å². The van der Waals surface area contributed by atoms with Gasteiger partial charge in [0.25, 0.3) is 0 Å². The topological polar surface area (TPSA) is 130 Å². The lowest BCUT2D eigenvalue weighted by Gasteiger charge is -2.12. The van der Waals surface area contributed by atoms with Gasteiger partial charge in [0.1, 0.15) is 11.1 Å². The van der Waals surface area contributed by atoms with Crippen molar-refractivity contribution in [2.24, 2.45) is 0 Å². The number of rotatable bonds is 3. The van der Waals surface area contributed by atoms with Gasteiger partial charge in [-0.05, 0) is 18.2 Å². The molecule has 0 radical (unpaired) electrons. The van der Waals surface area contributed by atoms with Gasteiger partial charge in [-0.1, -0.05) is 0 Å². The van der Waals surface area contributed by atoms with Crippen molar-refractivity contribution in [3.8, 4) is 45.8 Å². The molecule has 130 valence electrons. The van der Waals surface area contributed by atoms with Crippen LogP contribution in [0, 0.1) is 0 Å². The van der Waals surface area contributed by atoms with E-state index in [1.165, 1.54) is 32.4 Å². The third-order valence-corrected chi connectivity index (χ3v) is 3.70. The Balaban J connectivity index is 2.41. The molecule has 0 atom stereocenters. The molecule has 0 saturated heterocycles. The van der Waals surface area contributed by atoms with Crippen LogP contribution < -0.4 is 14.9 Å². The minimum atomic E-state index is -0.748. The van der Waals surface area contributed by atoms with Crippen molar-refractivity contribution < 1.29 is 34.3 Å². The molecule has 1 aromatic heterocycles. The summed E-state index contributed by atoms with van der Waals surface area (Å²) in [6.45, 7) is 0. The van der Waals surface area contributed by atoms with Gasteiger partial charge in [-0.2, -0.15) is 0 Å². The van der Waals surface area contributed by atoms with Crippen LogP contribution in [-0.4, -0.2) is 34.6 Å². The van der Waals surface area contributed by atoms with Crippen molar-refractivity contribution in [2.75, 3.05) is 14.2 Å². The number of hydrogen-bond donors (Lipinski definition) is 4. The van der Waals surface area contributed by atoms with E-state index in [1.54, 1.807) is 0 Å². The predicted octanol–water partition coefficient (Wildman–Crippen LogP) is 2.30. The maximum absolute atomic E-state index is 12.6. The molecule has 3 rings (SSSR count). The van der Waals surface area contributed by atoms with Gasteiger partial charge in [0.2, 0.25) is 16.9 Å². The number of fused-ring (bicyclic) bond motifs is 1. The summed E-state index contributed by atoms with van der Waals surface area (Å²) in [5.74, 6) is -2.25. The summed E-state index contributed by atoms with van der Waals surface area (Å²) < 4.78 is 15.6. The van der Waals surface area contributed by atoms with E-state index in [-0.39, 0.29) is 34.0 Å². The van der Waals surface area contributed by atoms with Crippen molar-refractivity contribution in [3.63, 3.8) is 0 Å². The van der Waals surface area contributed by atoms with Crippen LogP contribution >= 0.6 is 0 Å². The molecule has 8 nitrogen and oxygen atoms in total. The van der Waals surface area contributed by atoms with Crippen molar-refractivity contribution in [1.29, 1.82) is 0 Å². The summed E-state index contributed by atoms with van der Waals surface area (Å²) in [6, 6.07) is 5.07. The van der Waals surface area contributed by atoms with Crippen LogP contribution in [-0.2, 0) is 0 Å². The number of phenols is 4. The molecule has 4 N–H and O–H groups in total. The molecule has 0 bridgehead atoms. The minimum Gasteiger partial charge on any atom is -0.507 e. The fourth-order valence-corrected chi connectivity index (χ4v) is 2.51. The molecule has 0 aliphatic rings. The van der Waals surface area contributed by atoms with Gasteiger partial charge < -0.3 is 34.3 Å².